The first-order valence-electron chi connectivity index (χ1n) is 7.14. The molecule has 0 radical (unpaired) electrons. The zero-order chi connectivity index (χ0) is 14.3. The van der Waals surface area contributed by atoms with E-state index >= 15 is 0 Å². The van der Waals surface area contributed by atoms with Gasteiger partial charge in [-0.3, -0.25) is 4.90 Å². The Hall–Kier alpha value is -1.35. The summed E-state index contributed by atoms with van der Waals surface area (Å²) in [6.07, 6.45) is 3.54. The fraction of sp³-hybridized carbons (Fsp3) is 0.562. The van der Waals surface area contributed by atoms with Gasteiger partial charge in [-0.25, -0.2) is 4.79 Å². The molecule has 1 aromatic carbocycles. The molecule has 3 nitrogen and oxygen atoms in total. The van der Waals surface area contributed by atoms with Gasteiger partial charge in [0, 0.05) is 12.6 Å². The van der Waals surface area contributed by atoms with E-state index in [1.807, 2.05) is 12.1 Å². The Morgan fingerprint density at radius 2 is 1.89 bits per heavy atom. The van der Waals surface area contributed by atoms with Crippen LogP contribution in [0.3, 0.4) is 0 Å². The number of nitrogens with zero attached hydrogens (tertiary/aromatic N) is 1. The summed E-state index contributed by atoms with van der Waals surface area (Å²) in [5.41, 5.74) is 1.54. The number of hydrogen-bond acceptors (Lipinski definition) is 2. The molecule has 1 atom stereocenters. The van der Waals surface area contributed by atoms with Crippen molar-refractivity contribution in [3.8, 4) is 0 Å². The van der Waals surface area contributed by atoms with Gasteiger partial charge in [-0.15, -0.1) is 0 Å². The highest BCUT2D eigenvalue weighted by atomic mass is 16.4. The minimum Gasteiger partial charge on any atom is -0.478 e. The molecule has 0 saturated carbocycles. The smallest absolute Gasteiger partial charge is 0.335 e. The number of aromatic carboxylic acids is 1. The first-order chi connectivity index (χ1) is 9.08. The third-order valence-corrected chi connectivity index (χ3v) is 3.60. The Morgan fingerprint density at radius 3 is 2.37 bits per heavy atom. The Bertz CT molecular complexity index is 386. The third-order valence-electron chi connectivity index (χ3n) is 3.60. The van der Waals surface area contributed by atoms with Gasteiger partial charge in [-0.1, -0.05) is 32.4 Å². The number of unbranched alkanes of at least 4 members (excludes halogenated alkanes) is 1. The van der Waals surface area contributed by atoms with E-state index in [-0.39, 0.29) is 0 Å². The van der Waals surface area contributed by atoms with Crippen LogP contribution in [0, 0.1) is 0 Å². The Balaban J connectivity index is 2.69. The largest absolute Gasteiger partial charge is 0.478 e. The lowest BCUT2D eigenvalue weighted by molar-refractivity contribution is 0.0697. The zero-order valence-corrected chi connectivity index (χ0v) is 12.2. The topological polar surface area (TPSA) is 40.5 Å². The highest BCUT2D eigenvalue weighted by molar-refractivity contribution is 5.87. The van der Waals surface area contributed by atoms with E-state index in [2.05, 4.69) is 25.7 Å². The summed E-state index contributed by atoms with van der Waals surface area (Å²) in [6, 6.07) is 7.78. The van der Waals surface area contributed by atoms with Gasteiger partial charge in [0.1, 0.15) is 0 Å². The van der Waals surface area contributed by atoms with E-state index in [0.717, 1.165) is 19.5 Å². The molecule has 0 aliphatic rings. The average molecular weight is 263 g/mol. The van der Waals surface area contributed by atoms with Gasteiger partial charge in [0.15, 0.2) is 0 Å². The normalized spacial score (nSPS) is 12.6. The summed E-state index contributed by atoms with van der Waals surface area (Å²) in [4.78, 5) is 13.3. The van der Waals surface area contributed by atoms with Gasteiger partial charge < -0.3 is 5.11 Å². The molecule has 0 bridgehead atoms. The monoisotopic (exact) mass is 263 g/mol. The highest BCUT2D eigenvalue weighted by Gasteiger charge is 2.12. The maximum absolute atomic E-state index is 10.8. The zero-order valence-electron chi connectivity index (χ0n) is 12.2. The summed E-state index contributed by atoms with van der Waals surface area (Å²) >= 11 is 0. The van der Waals surface area contributed by atoms with E-state index < -0.39 is 5.97 Å². The summed E-state index contributed by atoms with van der Waals surface area (Å²) < 4.78 is 0. The molecule has 0 aliphatic carbocycles. The van der Waals surface area contributed by atoms with Crippen molar-refractivity contribution in [2.24, 2.45) is 0 Å². The SMILES string of the molecule is CCCCN(Cc1ccc(C(=O)O)cc1)C(C)CC. The lowest BCUT2D eigenvalue weighted by Crippen LogP contribution is -2.33. The summed E-state index contributed by atoms with van der Waals surface area (Å²) in [6.45, 7) is 8.66. The van der Waals surface area contributed by atoms with Crippen LogP contribution in [0.5, 0.6) is 0 Å². The predicted molar refractivity (Wildman–Crippen MR) is 78.5 cm³/mol. The molecule has 1 N–H and O–H groups in total. The van der Waals surface area contributed by atoms with Gasteiger partial charge in [0.05, 0.1) is 5.56 Å². The molecule has 1 rings (SSSR count). The first-order valence-corrected chi connectivity index (χ1v) is 7.14. The van der Waals surface area contributed by atoms with Crippen LogP contribution in [0.15, 0.2) is 24.3 Å². The molecule has 106 valence electrons. The molecule has 3 heteroatoms. The predicted octanol–water partition coefficient (Wildman–Crippen LogP) is 3.79. The molecule has 0 fully saturated rings. The van der Waals surface area contributed by atoms with Crippen LogP contribution in [-0.2, 0) is 6.54 Å². The second-order valence-electron chi connectivity index (χ2n) is 5.08. The number of benzene rings is 1. The van der Waals surface area contributed by atoms with Crippen LogP contribution >= 0.6 is 0 Å². The highest BCUT2D eigenvalue weighted by Crippen LogP contribution is 2.13. The van der Waals surface area contributed by atoms with Crippen molar-refractivity contribution in [1.82, 2.24) is 4.90 Å². The van der Waals surface area contributed by atoms with Gasteiger partial charge in [0.25, 0.3) is 0 Å². The van der Waals surface area contributed by atoms with E-state index in [9.17, 15) is 4.79 Å². The number of carboxylic acid groups (broad SMARTS) is 1. The molecule has 0 amide bonds. The van der Waals surface area contributed by atoms with Crippen molar-refractivity contribution < 1.29 is 9.90 Å². The Kier molecular flexibility index (Phi) is 6.57. The maximum Gasteiger partial charge on any atom is 0.335 e. The van der Waals surface area contributed by atoms with Crippen LogP contribution in [-0.4, -0.2) is 28.6 Å². The lowest BCUT2D eigenvalue weighted by Gasteiger charge is -2.28. The third kappa shape index (κ3) is 5.03. The molecule has 0 spiro atoms. The fourth-order valence-corrected chi connectivity index (χ4v) is 2.06. The summed E-state index contributed by atoms with van der Waals surface area (Å²) in [5.74, 6) is -0.865. The van der Waals surface area contributed by atoms with Crippen LogP contribution in [0.4, 0.5) is 0 Å². The van der Waals surface area contributed by atoms with Crippen molar-refractivity contribution >= 4 is 5.97 Å². The molecule has 0 aromatic heterocycles. The van der Waals surface area contributed by atoms with Crippen molar-refractivity contribution in [2.45, 2.75) is 52.6 Å². The molecule has 0 heterocycles. The van der Waals surface area contributed by atoms with Gasteiger partial charge in [-0.05, 0) is 44.0 Å². The Morgan fingerprint density at radius 1 is 1.26 bits per heavy atom. The molecule has 0 aliphatic heterocycles. The molecule has 19 heavy (non-hydrogen) atoms. The standard InChI is InChI=1S/C16H25NO2/c1-4-6-11-17(13(3)5-2)12-14-7-9-15(10-8-14)16(18)19/h7-10,13H,4-6,11-12H2,1-3H3,(H,18,19). The van der Waals surface area contributed by atoms with Crippen molar-refractivity contribution in [2.75, 3.05) is 6.54 Å². The second-order valence-corrected chi connectivity index (χ2v) is 5.08. The fourth-order valence-electron chi connectivity index (χ4n) is 2.06. The summed E-state index contributed by atoms with van der Waals surface area (Å²) in [7, 11) is 0. The van der Waals surface area contributed by atoms with Crippen LogP contribution in [0.1, 0.15) is 56.0 Å². The van der Waals surface area contributed by atoms with E-state index in [1.54, 1.807) is 12.1 Å². The van der Waals surface area contributed by atoms with Gasteiger partial charge in [0.2, 0.25) is 0 Å². The van der Waals surface area contributed by atoms with Crippen molar-refractivity contribution in [1.29, 1.82) is 0 Å². The van der Waals surface area contributed by atoms with Crippen molar-refractivity contribution in [3.05, 3.63) is 35.4 Å². The first kappa shape index (κ1) is 15.7. The minimum atomic E-state index is -0.865. The Labute approximate surface area is 116 Å². The summed E-state index contributed by atoms with van der Waals surface area (Å²) in [5, 5.41) is 8.89. The van der Waals surface area contributed by atoms with E-state index in [1.165, 1.54) is 18.4 Å². The van der Waals surface area contributed by atoms with E-state index in [0.29, 0.717) is 11.6 Å². The van der Waals surface area contributed by atoms with Crippen LogP contribution in [0.25, 0.3) is 0 Å². The minimum absolute atomic E-state index is 0.354. The number of carbonyl (C=O) groups is 1. The number of rotatable bonds is 8. The average Bonchev–Trinajstić information content (AvgIpc) is 2.43. The lowest BCUT2D eigenvalue weighted by atomic mass is 10.1. The number of carboxylic acids is 1. The quantitative estimate of drug-likeness (QED) is 0.776. The second kappa shape index (κ2) is 7.95. The molecular weight excluding hydrogens is 238 g/mol. The van der Waals surface area contributed by atoms with Crippen LogP contribution in [0.2, 0.25) is 0 Å². The van der Waals surface area contributed by atoms with Crippen LogP contribution < -0.4 is 0 Å². The number of hydrogen-bond donors (Lipinski definition) is 1. The molecule has 0 saturated heterocycles. The van der Waals surface area contributed by atoms with Gasteiger partial charge >= 0.3 is 5.97 Å². The van der Waals surface area contributed by atoms with Gasteiger partial charge in [-0.2, -0.15) is 0 Å². The molecule has 1 aromatic rings. The van der Waals surface area contributed by atoms with Crippen molar-refractivity contribution in [3.63, 3.8) is 0 Å². The molecular formula is C16H25NO2. The molecule has 1 unspecified atom stereocenters. The van der Waals surface area contributed by atoms with E-state index in [4.69, 9.17) is 5.11 Å². The maximum atomic E-state index is 10.8.